The zero-order valence-corrected chi connectivity index (χ0v) is 10.5. The molecule has 1 unspecified atom stereocenters. The van der Waals surface area contributed by atoms with Crippen LogP contribution in [0.5, 0.6) is 0 Å². The van der Waals surface area contributed by atoms with Gasteiger partial charge in [0.2, 0.25) is 0 Å². The number of rotatable bonds is 2. The lowest BCUT2D eigenvalue weighted by Gasteiger charge is -2.21. The summed E-state index contributed by atoms with van der Waals surface area (Å²) in [6, 6.07) is 2.32. The third-order valence-electron chi connectivity index (χ3n) is 2.98. The second kappa shape index (κ2) is 5.14. The molecule has 5 nitrogen and oxygen atoms in total. The van der Waals surface area contributed by atoms with Gasteiger partial charge in [0.25, 0.3) is 5.91 Å². The van der Waals surface area contributed by atoms with Gasteiger partial charge < -0.3 is 15.1 Å². The zero-order valence-electron chi connectivity index (χ0n) is 9.72. The van der Waals surface area contributed by atoms with Gasteiger partial charge in [0.15, 0.2) is 0 Å². The second-order valence-electron chi connectivity index (χ2n) is 4.33. The van der Waals surface area contributed by atoms with Gasteiger partial charge in [-0.1, -0.05) is 11.6 Å². The van der Waals surface area contributed by atoms with E-state index in [1.807, 2.05) is 0 Å². The highest BCUT2D eigenvalue weighted by molar-refractivity contribution is 6.31. The average molecular weight is 288 g/mol. The Balaban J connectivity index is 2.33. The summed E-state index contributed by atoms with van der Waals surface area (Å²) in [6.07, 6.45) is -0.990. The van der Waals surface area contributed by atoms with E-state index in [1.165, 1.54) is 6.07 Å². The van der Waals surface area contributed by atoms with Gasteiger partial charge in [-0.2, -0.15) is 0 Å². The second-order valence-corrected chi connectivity index (χ2v) is 4.76. The maximum absolute atomic E-state index is 13.6. The minimum absolute atomic E-state index is 0.0662. The highest BCUT2D eigenvalue weighted by Gasteiger charge is 2.39. The number of halogens is 2. The largest absolute Gasteiger partial charge is 0.480 e. The van der Waals surface area contributed by atoms with E-state index in [-0.39, 0.29) is 23.6 Å². The molecule has 1 fully saturated rings. The van der Waals surface area contributed by atoms with Crippen LogP contribution in [0.4, 0.5) is 4.39 Å². The third-order valence-corrected chi connectivity index (χ3v) is 3.22. The van der Waals surface area contributed by atoms with Crippen molar-refractivity contribution in [3.63, 3.8) is 0 Å². The number of carbonyl (C=O) groups is 2. The molecule has 2 rings (SSSR count). The number of hydrogen-bond acceptors (Lipinski definition) is 3. The monoisotopic (exact) mass is 287 g/mol. The average Bonchev–Trinajstić information content (AvgIpc) is 2.74. The molecular formula is C12H11ClFNO4. The number of carboxylic acids is 1. The predicted octanol–water partition coefficient (Wildman–Crippen LogP) is 1.14. The van der Waals surface area contributed by atoms with Crippen molar-refractivity contribution < 1.29 is 24.2 Å². The number of carbonyl (C=O) groups excluding carboxylic acids is 1. The number of nitrogens with zero attached hydrogens (tertiary/aromatic N) is 1. The molecule has 2 N–H and O–H groups in total. The molecule has 2 atom stereocenters. The third kappa shape index (κ3) is 2.69. The van der Waals surface area contributed by atoms with Crippen molar-refractivity contribution >= 4 is 23.5 Å². The van der Waals surface area contributed by atoms with Crippen molar-refractivity contribution in [1.29, 1.82) is 0 Å². The molecule has 0 bridgehead atoms. The SMILES string of the molecule is O=C(O)[C@@H]1CC(O)CN1C(=O)c1cc(Cl)ccc1F. The molecule has 1 aliphatic rings. The van der Waals surface area contributed by atoms with Crippen LogP contribution in [-0.2, 0) is 4.79 Å². The Morgan fingerprint density at radius 3 is 2.74 bits per heavy atom. The van der Waals surface area contributed by atoms with Crippen LogP contribution >= 0.6 is 11.6 Å². The highest BCUT2D eigenvalue weighted by Crippen LogP contribution is 2.23. The molecule has 0 spiro atoms. The number of aliphatic hydroxyl groups excluding tert-OH is 1. The quantitative estimate of drug-likeness (QED) is 0.855. The maximum Gasteiger partial charge on any atom is 0.326 e. The Labute approximate surface area is 113 Å². The van der Waals surface area contributed by atoms with E-state index < -0.39 is 29.8 Å². The fourth-order valence-corrected chi connectivity index (χ4v) is 2.26. The molecule has 0 saturated carbocycles. The number of amides is 1. The molecule has 1 aromatic carbocycles. The lowest BCUT2D eigenvalue weighted by atomic mass is 10.1. The summed E-state index contributed by atoms with van der Waals surface area (Å²) in [5.74, 6) is -2.80. The summed E-state index contributed by atoms with van der Waals surface area (Å²) in [6.45, 7) is -0.137. The predicted molar refractivity (Wildman–Crippen MR) is 64.5 cm³/mol. The van der Waals surface area contributed by atoms with Gasteiger partial charge in [0, 0.05) is 18.0 Å². The van der Waals surface area contributed by atoms with E-state index >= 15 is 0 Å². The molecule has 1 amide bonds. The van der Waals surface area contributed by atoms with Crippen LogP contribution < -0.4 is 0 Å². The highest BCUT2D eigenvalue weighted by atomic mass is 35.5. The lowest BCUT2D eigenvalue weighted by molar-refractivity contribution is -0.141. The number of benzene rings is 1. The minimum atomic E-state index is -1.23. The van der Waals surface area contributed by atoms with Crippen molar-refractivity contribution in [3.8, 4) is 0 Å². The van der Waals surface area contributed by atoms with E-state index in [0.717, 1.165) is 17.0 Å². The first-order valence-corrected chi connectivity index (χ1v) is 5.95. The molecule has 0 aromatic heterocycles. The first-order valence-electron chi connectivity index (χ1n) is 5.57. The summed E-state index contributed by atoms with van der Waals surface area (Å²) in [5.41, 5.74) is -0.298. The van der Waals surface area contributed by atoms with Crippen LogP contribution in [-0.4, -0.2) is 45.7 Å². The van der Waals surface area contributed by atoms with Crippen molar-refractivity contribution in [2.45, 2.75) is 18.6 Å². The molecule has 7 heteroatoms. The number of hydrogen-bond donors (Lipinski definition) is 2. The van der Waals surface area contributed by atoms with E-state index in [4.69, 9.17) is 16.7 Å². The first kappa shape index (κ1) is 13.8. The molecular weight excluding hydrogens is 277 g/mol. The number of likely N-dealkylation sites (tertiary alicyclic amines) is 1. The van der Waals surface area contributed by atoms with Crippen LogP contribution in [0.25, 0.3) is 0 Å². The van der Waals surface area contributed by atoms with Crippen molar-refractivity contribution in [2.75, 3.05) is 6.54 Å². The molecule has 19 heavy (non-hydrogen) atoms. The van der Waals surface area contributed by atoms with Crippen molar-refractivity contribution in [1.82, 2.24) is 4.90 Å². The summed E-state index contributed by atoms with van der Waals surface area (Å²) in [5, 5.41) is 18.6. The van der Waals surface area contributed by atoms with E-state index in [0.29, 0.717) is 0 Å². The van der Waals surface area contributed by atoms with Crippen LogP contribution in [0.2, 0.25) is 5.02 Å². The van der Waals surface area contributed by atoms with Crippen LogP contribution in [0.1, 0.15) is 16.8 Å². The van der Waals surface area contributed by atoms with Gasteiger partial charge in [-0.05, 0) is 18.2 Å². The summed E-state index contributed by atoms with van der Waals surface area (Å²) in [4.78, 5) is 24.1. The number of aliphatic hydroxyl groups is 1. The smallest absolute Gasteiger partial charge is 0.326 e. The molecule has 1 heterocycles. The molecule has 1 saturated heterocycles. The lowest BCUT2D eigenvalue weighted by Crippen LogP contribution is -2.40. The van der Waals surface area contributed by atoms with E-state index in [9.17, 15) is 19.1 Å². The van der Waals surface area contributed by atoms with Gasteiger partial charge in [0.1, 0.15) is 11.9 Å². The maximum atomic E-state index is 13.6. The summed E-state index contributed by atoms with van der Waals surface area (Å²) < 4.78 is 13.6. The fraction of sp³-hybridized carbons (Fsp3) is 0.333. The Bertz CT molecular complexity index is 536. The summed E-state index contributed by atoms with van der Waals surface area (Å²) in [7, 11) is 0. The number of β-amino-alcohol motifs (C(OH)–C–C–N with tert-alkyl or cyclic N) is 1. The van der Waals surface area contributed by atoms with Crippen molar-refractivity contribution in [3.05, 3.63) is 34.6 Å². The van der Waals surface area contributed by atoms with E-state index in [1.54, 1.807) is 0 Å². The number of carboxylic acid groups (broad SMARTS) is 1. The normalized spacial score (nSPS) is 22.6. The molecule has 0 radical (unpaired) electrons. The molecule has 102 valence electrons. The zero-order chi connectivity index (χ0) is 14.2. The summed E-state index contributed by atoms with van der Waals surface area (Å²) >= 11 is 5.69. The molecule has 0 aliphatic carbocycles. The van der Waals surface area contributed by atoms with Gasteiger partial charge in [0.05, 0.1) is 11.7 Å². The number of aliphatic carboxylic acids is 1. The van der Waals surface area contributed by atoms with Gasteiger partial charge in [-0.15, -0.1) is 0 Å². The topological polar surface area (TPSA) is 77.8 Å². The Morgan fingerprint density at radius 2 is 2.11 bits per heavy atom. The molecule has 1 aromatic rings. The van der Waals surface area contributed by atoms with Crippen LogP contribution in [0.15, 0.2) is 18.2 Å². The first-order chi connectivity index (χ1) is 8.90. The van der Waals surface area contributed by atoms with Gasteiger partial charge in [-0.3, -0.25) is 4.79 Å². The van der Waals surface area contributed by atoms with Crippen LogP contribution in [0, 0.1) is 5.82 Å². The van der Waals surface area contributed by atoms with Crippen molar-refractivity contribution in [2.24, 2.45) is 0 Å². The fourth-order valence-electron chi connectivity index (χ4n) is 2.09. The standard InChI is InChI=1S/C12H11ClFNO4/c13-6-1-2-9(14)8(3-6)11(17)15-5-7(16)4-10(15)12(18)19/h1-3,7,10,16H,4-5H2,(H,18,19)/t7?,10-/m0/s1. The van der Waals surface area contributed by atoms with Crippen LogP contribution in [0.3, 0.4) is 0 Å². The molecule has 1 aliphatic heterocycles. The van der Waals surface area contributed by atoms with Gasteiger partial charge >= 0.3 is 5.97 Å². The Hall–Kier alpha value is -1.66. The Morgan fingerprint density at radius 1 is 1.42 bits per heavy atom. The minimum Gasteiger partial charge on any atom is -0.480 e. The Kier molecular flexibility index (Phi) is 3.73. The van der Waals surface area contributed by atoms with Gasteiger partial charge in [-0.25, -0.2) is 9.18 Å². The van der Waals surface area contributed by atoms with E-state index in [2.05, 4.69) is 0 Å².